The zero-order valence-corrected chi connectivity index (χ0v) is 21.0. The average Bonchev–Trinajstić information content (AvgIpc) is 2.86. The maximum atomic E-state index is 12.0. The number of thioether (sulfide) groups is 1. The number of fused-ring (bicyclic) bond motifs is 1. The summed E-state index contributed by atoms with van der Waals surface area (Å²) in [6.45, 7) is 1.80. The molecule has 0 aromatic heterocycles. The Kier molecular flexibility index (Phi) is 9.16. The molecule has 0 spiro atoms. The van der Waals surface area contributed by atoms with Gasteiger partial charge in [-0.3, -0.25) is 0 Å². The predicted molar refractivity (Wildman–Crippen MR) is 130 cm³/mol. The fourth-order valence-corrected chi connectivity index (χ4v) is 5.40. The summed E-state index contributed by atoms with van der Waals surface area (Å²) in [5.74, 6) is -0.539. The third-order valence-corrected chi connectivity index (χ3v) is 7.29. The molecular weight excluding hydrogens is 517 g/mol. The number of nitrogens with zero attached hydrogens (tertiary/aromatic N) is 3. The van der Waals surface area contributed by atoms with Crippen molar-refractivity contribution in [3.8, 4) is 0 Å². The lowest BCUT2D eigenvalue weighted by Gasteiger charge is -2.48. The van der Waals surface area contributed by atoms with Crippen LogP contribution in [0.25, 0.3) is 10.4 Å². The van der Waals surface area contributed by atoms with Gasteiger partial charge in [-0.2, -0.15) is 0 Å². The Morgan fingerprint density at radius 1 is 1.20 bits per heavy atom. The number of azide groups is 1. The van der Waals surface area contributed by atoms with Crippen LogP contribution in [0, 0.1) is 0 Å². The zero-order chi connectivity index (χ0) is 24.8. The predicted octanol–water partition coefficient (Wildman–Crippen LogP) is 5.55. The minimum Gasteiger partial charge on any atom is -0.464 e. The van der Waals surface area contributed by atoms with Crippen LogP contribution in [0.5, 0.6) is 0 Å². The number of benzene rings is 2. The van der Waals surface area contributed by atoms with E-state index in [2.05, 4.69) is 10.0 Å². The van der Waals surface area contributed by atoms with Crippen LogP contribution < -0.4 is 0 Å². The van der Waals surface area contributed by atoms with Gasteiger partial charge in [0.1, 0.15) is 30.4 Å². The maximum Gasteiger partial charge on any atom is 0.332 e. The monoisotopic (exact) mass is 539 g/mol. The lowest BCUT2D eigenvalue weighted by atomic mass is 9.96. The summed E-state index contributed by atoms with van der Waals surface area (Å²) < 4.78 is 29.3. The van der Waals surface area contributed by atoms with Crippen LogP contribution in [0.3, 0.4) is 0 Å². The number of halogens is 2. The first-order chi connectivity index (χ1) is 17.0. The highest BCUT2D eigenvalue weighted by molar-refractivity contribution is 7.99. The molecule has 2 fully saturated rings. The number of hydrogen-bond donors (Lipinski definition) is 0. The van der Waals surface area contributed by atoms with Crippen LogP contribution in [0.4, 0.5) is 0 Å². The number of ether oxygens (including phenoxy) is 5. The molecule has 2 aromatic carbocycles. The second kappa shape index (κ2) is 12.3. The van der Waals surface area contributed by atoms with Crippen LogP contribution in [0.15, 0.2) is 58.5 Å². The van der Waals surface area contributed by atoms with E-state index < -0.39 is 42.0 Å². The van der Waals surface area contributed by atoms with Gasteiger partial charge in [-0.1, -0.05) is 70.4 Å². The van der Waals surface area contributed by atoms with Crippen LogP contribution >= 0.6 is 35.0 Å². The molecule has 2 aliphatic heterocycles. The Hall–Kier alpha value is -2.01. The Morgan fingerprint density at radius 3 is 2.71 bits per heavy atom. The Morgan fingerprint density at radius 2 is 2.00 bits per heavy atom. The van der Waals surface area contributed by atoms with E-state index in [1.54, 1.807) is 25.1 Å². The van der Waals surface area contributed by atoms with Crippen molar-refractivity contribution in [2.24, 2.45) is 5.11 Å². The number of hydrogen-bond acceptors (Lipinski definition) is 8. The van der Waals surface area contributed by atoms with E-state index in [4.69, 9.17) is 46.9 Å². The standard InChI is InChI=1S/C23H23Cl2N3O6S/c1-2-30-18(29)12-31-21-19(27-28-26)20-17(11-32-22(34-20)13-6-4-3-5-7-13)33-23(21)35-14-8-9-15(24)16(25)10-14/h3-10,17,19-23H,2,11-12H2,1H3/t17-,19?,20+,21-,22?,23-/m1/s1. The van der Waals surface area contributed by atoms with Crippen molar-refractivity contribution in [2.45, 2.75) is 47.9 Å². The molecule has 0 bridgehead atoms. The first kappa shape index (κ1) is 26.1. The van der Waals surface area contributed by atoms with Crippen molar-refractivity contribution in [3.63, 3.8) is 0 Å². The molecule has 2 aromatic rings. The van der Waals surface area contributed by atoms with Gasteiger partial charge in [0.2, 0.25) is 0 Å². The van der Waals surface area contributed by atoms with Gasteiger partial charge in [0.05, 0.1) is 29.3 Å². The van der Waals surface area contributed by atoms with E-state index >= 15 is 0 Å². The van der Waals surface area contributed by atoms with E-state index in [1.807, 2.05) is 30.3 Å². The Bertz CT molecular complexity index is 1070. The molecule has 2 unspecified atom stereocenters. The summed E-state index contributed by atoms with van der Waals surface area (Å²) in [6.07, 6.45) is -2.69. The molecule has 35 heavy (non-hydrogen) atoms. The molecule has 186 valence electrons. The first-order valence-corrected chi connectivity index (χ1v) is 12.5. The third kappa shape index (κ3) is 6.41. The Labute approximate surface area is 216 Å². The third-order valence-electron chi connectivity index (χ3n) is 5.41. The molecule has 9 nitrogen and oxygen atoms in total. The van der Waals surface area contributed by atoms with E-state index in [1.165, 1.54) is 11.8 Å². The average molecular weight is 540 g/mol. The second-order valence-corrected chi connectivity index (χ2v) is 9.68. The molecule has 2 heterocycles. The van der Waals surface area contributed by atoms with Gasteiger partial charge in [0, 0.05) is 15.4 Å². The summed E-state index contributed by atoms with van der Waals surface area (Å²) in [5.41, 5.74) is 9.51. The lowest BCUT2D eigenvalue weighted by Crippen LogP contribution is -2.61. The number of rotatable bonds is 8. The molecule has 6 atom stereocenters. The fraction of sp³-hybridized carbons (Fsp3) is 0.435. The second-order valence-electron chi connectivity index (χ2n) is 7.69. The largest absolute Gasteiger partial charge is 0.464 e. The minimum atomic E-state index is -0.828. The SMILES string of the molecule is CCOC(=O)CO[C@@H]1C(N=[N+]=[N-])[C@H]2OC(c3ccccc3)OC[C@H]2O[C@@H]1Sc1ccc(Cl)c(Cl)c1. The van der Waals surface area contributed by atoms with Gasteiger partial charge in [0.25, 0.3) is 0 Å². The summed E-state index contributed by atoms with van der Waals surface area (Å²) in [5, 5.41) is 4.81. The van der Waals surface area contributed by atoms with Gasteiger partial charge in [-0.15, -0.1) is 0 Å². The van der Waals surface area contributed by atoms with Gasteiger partial charge in [0.15, 0.2) is 6.29 Å². The molecule has 4 rings (SSSR count). The normalized spacial score (nSPS) is 28.0. The van der Waals surface area contributed by atoms with E-state index in [-0.39, 0.29) is 19.8 Å². The number of esters is 1. The molecular formula is C23H23Cl2N3O6S. The molecule has 12 heteroatoms. The van der Waals surface area contributed by atoms with Crippen molar-refractivity contribution in [3.05, 3.63) is 74.6 Å². The molecule has 2 aliphatic rings. The fourth-order valence-electron chi connectivity index (χ4n) is 3.86. The minimum absolute atomic E-state index is 0.213. The van der Waals surface area contributed by atoms with Crippen molar-refractivity contribution < 1.29 is 28.5 Å². The van der Waals surface area contributed by atoms with Crippen molar-refractivity contribution >= 4 is 40.9 Å². The highest BCUT2D eigenvalue weighted by Gasteiger charge is 2.50. The molecule has 2 saturated heterocycles. The quantitative estimate of drug-likeness (QED) is 0.187. The molecule has 0 aliphatic carbocycles. The van der Waals surface area contributed by atoms with Gasteiger partial charge >= 0.3 is 5.97 Å². The molecule has 0 saturated carbocycles. The molecule has 0 amide bonds. The van der Waals surface area contributed by atoms with E-state index in [0.717, 1.165) is 10.5 Å². The van der Waals surface area contributed by atoms with Crippen LogP contribution in [-0.2, 0) is 28.5 Å². The van der Waals surface area contributed by atoms with Gasteiger partial charge in [-0.05, 0) is 30.7 Å². The smallest absolute Gasteiger partial charge is 0.332 e. The maximum absolute atomic E-state index is 12.0. The summed E-state index contributed by atoms with van der Waals surface area (Å²) in [4.78, 5) is 15.8. The van der Waals surface area contributed by atoms with Crippen molar-refractivity contribution in [1.82, 2.24) is 0 Å². The topological polar surface area (TPSA) is 112 Å². The van der Waals surface area contributed by atoms with E-state index in [9.17, 15) is 10.3 Å². The van der Waals surface area contributed by atoms with Crippen LogP contribution in [0.1, 0.15) is 18.8 Å². The molecule has 0 N–H and O–H groups in total. The van der Waals surface area contributed by atoms with Crippen molar-refractivity contribution in [1.29, 1.82) is 0 Å². The first-order valence-electron chi connectivity index (χ1n) is 10.9. The van der Waals surface area contributed by atoms with Gasteiger partial charge in [-0.25, -0.2) is 4.79 Å². The summed E-state index contributed by atoms with van der Waals surface area (Å²) >= 11 is 13.5. The number of carbonyl (C=O) groups excluding carboxylic acids is 1. The zero-order valence-electron chi connectivity index (χ0n) is 18.7. The van der Waals surface area contributed by atoms with E-state index in [0.29, 0.717) is 10.0 Å². The Balaban J connectivity index is 1.60. The summed E-state index contributed by atoms with van der Waals surface area (Å²) in [7, 11) is 0. The highest BCUT2D eigenvalue weighted by atomic mass is 35.5. The van der Waals surface area contributed by atoms with Gasteiger partial charge < -0.3 is 23.7 Å². The lowest BCUT2D eigenvalue weighted by molar-refractivity contribution is -0.300. The number of carbonyl (C=O) groups is 1. The van der Waals surface area contributed by atoms with Crippen LogP contribution in [0.2, 0.25) is 10.0 Å². The molecule has 0 radical (unpaired) electrons. The summed E-state index contributed by atoms with van der Waals surface area (Å²) in [6, 6.07) is 13.8. The van der Waals surface area contributed by atoms with Crippen LogP contribution in [-0.4, -0.2) is 55.6 Å². The van der Waals surface area contributed by atoms with Crippen molar-refractivity contribution in [2.75, 3.05) is 19.8 Å². The highest BCUT2D eigenvalue weighted by Crippen LogP contribution is 2.42.